The maximum atomic E-state index is 12.6. The maximum Gasteiger partial charge on any atom is 0.279 e. The van der Waals surface area contributed by atoms with E-state index in [1.54, 1.807) is 32.0 Å². The Kier molecular flexibility index (Phi) is 7.16. The Labute approximate surface area is 156 Å². The van der Waals surface area contributed by atoms with E-state index in [0.29, 0.717) is 25.3 Å². The normalized spacial score (nSPS) is 23.8. The van der Waals surface area contributed by atoms with Crippen LogP contribution in [0.15, 0.2) is 29.2 Å². The molecule has 1 aromatic carbocycles. The summed E-state index contributed by atoms with van der Waals surface area (Å²) in [5.74, 6) is -0.126. The second-order valence-corrected chi connectivity index (χ2v) is 8.70. The topological polar surface area (TPSA) is 80.2 Å². The van der Waals surface area contributed by atoms with E-state index in [2.05, 4.69) is 5.32 Å². The highest BCUT2D eigenvalue weighted by atomic mass is 32.2. The van der Waals surface area contributed by atoms with E-state index in [0.717, 1.165) is 13.1 Å². The van der Waals surface area contributed by atoms with Crippen molar-refractivity contribution in [3.05, 3.63) is 24.3 Å². The van der Waals surface area contributed by atoms with Crippen molar-refractivity contribution in [2.75, 3.05) is 38.0 Å². The van der Waals surface area contributed by atoms with Gasteiger partial charge in [-0.15, -0.1) is 0 Å². The lowest BCUT2D eigenvalue weighted by atomic mass is 10.2. The lowest BCUT2D eigenvalue weighted by Crippen LogP contribution is -3.16. The minimum atomic E-state index is -3.54. The molecule has 0 radical (unpaired) electrons. The lowest BCUT2D eigenvalue weighted by molar-refractivity contribution is -0.907. The minimum absolute atomic E-state index is 0.126. The van der Waals surface area contributed by atoms with Crippen LogP contribution in [0.2, 0.25) is 0 Å². The van der Waals surface area contributed by atoms with E-state index in [-0.39, 0.29) is 23.0 Å². The Bertz CT molecular complexity index is 709. The molecule has 1 aliphatic heterocycles. The third-order valence-corrected chi connectivity index (χ3v) is 6.53. The number of benzene rings is 1. The molecule has 1 saturated heterocycles. The molecule has 0 saturated carbocycles. The Morgan fingerprint density at radius 1 is 1.23 bits per heavy atom. The molecule has 1 fully saturated rings. The fraction of sp³-hybridized carbons (Fsp3) is 0.611. The first kappa shape index (κ1) is 20.8. The molecule has 0 bridgehead atoms. The number of rotatable bonds is 7. The summed E-state index contributed by atoms with van der Waals surface area (Å²) >= 11 is 0. The summed E-state index contributed by atoms with van der Waals surface area (Å²) in [5.41, 5.74) is 0.497. The average Bonchev–Trinajstić information content (AvgIpc) is 2.54. The van der Waals surface area contributed by atoms with Gasteiger partial charge in [0.1, 0.15) is 25.3 Å². The molecule has 8 heteroatoms. The molecule has 146 valence electrons. The third-order valence-electron chi connectivity index (χ3n) is 4.49. The quantitative estimate of drug-likeness (QED) is 0.711. The zero-order chi connectivity index (χ0) is 19.3. The fourth-order valence-electron chi connectivity index (χ4n) is 3.41. The number of carbonyl (C=O) groups excluding carboxylic acids is 1. The molecular formula is C18H30N3O4S+. The summed E-state index contributed by atoms with van der Waals surface area (Å²) in [6, 6.07) is 6.43. The lowest BCUT2D eigenvalue weighted by Gasteiger charge is -2.31. The molecule has 1 amide bonds. The second-order valence-electron chi connectivity index (χ2n) is 6.76. The molecule has 7 nitrogen and oxygen atoms in total. The summed E-state index contributed by atoms with van der Waals surface area (Å²) in [6.07, 6.45) is 0.258. The molecule has 0 aliphatic carbocycles. The summed E-state index contributed by atoms with van der Waals surface area (Å²) in [5, 5.41) is 2.82. The molecule has 1 heterocycles. The first-order valence-electron chi connectivity index (χ1n) is 9.15. The molecule has 0 spiro atoms. The van der Waals surface area contributed by atoms with Crippen LogP contribution in [0, 0.1) is 0 Å². The maximum absolute atomic E-state index is 12.6. The van der Waals surface area contributed by atoms with Crippen molar-refractivity contribution in [2.24, 2.45) is 0 Å². The molecule has 1 aromatic rings. The first-order chi connectivity index (χ1) is 12.3. The van der Waals surface area contributed by atoms with Gasteiger partial charge in [-0.05, 0) is 32.0 Å². The number of nitrogens with zero attached hydrogens (tertiary/aromatic N) is 1. The van der Waals surface area contributed by atoms with Crippen LogP contribution in [-0.2, 0) is 19.6 Å². The van der Waals surface area contributed by atoms with E-state index in [4.69, 9.17) is 4.74 Å². The molecule has 1 unspecified atom stereocenters. The van der Waals surface area contributed by atoms with Gasteiger partial charge < -0.3 is 15.0 Å². The Morgan fingerprint density at radius 2 is 1.85 bits per heavy atom. The van der Waals surface area contributed by atoms with Gasteiger partial charge in [0, 0.05) is 18.8 Å². The van der Waals surface area contributed by atoms with Crippen molar-refractivity contribution in [3.8, 4) is 0 Å². The number of nitrogens with one attached hydrogen (secondary N) is 2. The second kappa shape index (κ2) is 8.94. The number of hydrogen-bond acceptors (Lipinski definition) is 4. The van der Waals surface area contributed by atoms with E-state index in [9.17, 15) is 13.2 Å². The van der Waals surface area contributed by atoms with Gasteiger partial charge in [0.05, 0.1) is 4.90 Å². The average molecular weight is 385 g/mol. The molecule has 1 aliphatic rings. The smallest absolute Gasteiger partial charge is 0.279 e. The number of anilines is 1. The van der Waals surface area contributed by atoms with Crippen LogP contribution >= 0.6 is 0 Å². The predicted octanol–water partition coefficient (Wildman–Crippen LogP) is 0.348. The Balaban J connectivity index is 2.05. The van der Waals surface area contributed by atoms with Crippen LogP contribution in [0.1, 0.15) is 27.7 Å². The van der Waals surface area contributed by atoms with Crippen LogP contribution in [-0.4, -0.2) is 63.6 Å². The molecule has 26 heavy (non-hydrogen) atoms. The van der Waals surface area contributed by atoms with Gasteiger partial charge in [-0.3, -0.25) is 4.79 Å². The van der Waals surface area contributed by atoms with Crippen molar-refractivity contribution in [1.82, 2.24) is 4.31 Å². The van der Waals surface area contributed by atoms with Gasteiger partial charge >= 0.3 is 0 Å². The number of ether oxygens (including phenoxy) is 1. The van der Waals surface area contributed by atoms with Gasteiger partial charge in [0.25, 0.3) is 5.91 Å². The summed E-state index contributed by atoms with van der Waals surface area (Å²) < 4.78 is 32.3. The van der Waals surface area contributed by atoms with Crippen LogP contribution in [0.5, 0.6) is 0 Å². The van der Waals surface area contributed by atoms with Crippen LogP contribution < -0.4 is 10.2 Å². The molecule has 2 N–H and O–H groups in total. The van der Waals surface area contributed by atoms with Crippen molar-refractivity contribution in [1.29, 1.82) is 0 Å². The van der Waals surface area contributed by atoms with Gasteiger partial charge in [0.15, 0.2) is 6.54 Å². The van der Waals surface area contributed by atoms with Gasteiger partial charge in [-0.25, -0.2) is 8.42 Å². The number of amides is 1. The minimum Gasteiger partial charge on any atom is -0.364 e. The monoisotopic (exact) mass is 384 g/mol. The molecule has 3 atom stereocenters. The molecule has 0 aromatic heterocycles. The Hall–Kier alpha value is -1.48. The number of carbonyl (C=O) groups is 1. The zero-order valence-electron chi connectivity index (χ0n) is 16.0. The fourth-order valence-corrected chi connectivity index (χ4v) is 4.92. The number of quaternary nitrogens is 1. The predicted molar refractivity (Wildman–Crippen MR) is 101 cm³/mol. The van der Waals surface area contributed by atoms with E-state index >= 15 is 0 Å². The number of hydrogen-bond donors (Lipinski definition) is 2. The van der Waals surface area contributed by atoms with Gasteiger partial charge in [-0.1, -0.05) is 19.9 Å². The molecule has 2 rings (SSSR count). The van der Waals surface area contributed by atoms with Crippen molar-refractivity contribution < 1.29 is 22.8 Å². The summed E-state index contributed by atoms with van der Waals surface area (Å²) in [7, 11) is -3.54. The van der Waals surface area contributed by atoms with Crippen LogP contribution in [0.4, 0.5) is 5.69 Å². The standard InChI is InChI=1S/C18H29N3O4S/c1-5-21(6-2)26(23,24)17-9-7-8-16(10-17)19-18(22)13-20-11-14(3)25-15(4)12-20/h7-10,14-15H,5-6,11-13H2,1-4H3,(H,19,22)/p+1/t14-,15+. The number of sulfonamides is 1. The Morgan fingerprint density at radius 3 is 2.42 bits per heavy atom. The van der Waals surface area contributed by atoms with Gasteiger partial charge in [-0.2, -0.15) is 4.31 Å². The van der Waals surface area contributed by atoms with E-state index in [1.807, 2.05) is 13.8 Å². The number of morpholine rings is 1. The summed E-state index contributed by atoms with van der Waals surface area (Å²) in [4.78, 5) is 13.7. The largest absolute Gasteiger partial charge is 0.364 e. The van der Waals surface area contributed by atoms with Gasteiger partial charge in [0.2, 0.25) is 10.0 Å². The van der Waals surface area contributed by atoms with Crippen molar-refractivity contribution >= 4 is 21.6 Å². The third kappa shape index (κ3) is 5.26. The zero-order valence-corrected chi connectivity index (χ0v) is 16.8. The first-order valence-corrected chi connectivity index (χ1v) is 10.6. The van der Waals surface area contributed by atoms with Crippen molar-refractivity contribution in [3.63, 3.8) is 0 Å². The van der Waals surface area contributed by atoms with Crippen LogP contribution in [0.25, 0.3) is 0 Å². The highest BCUT2D eigenvalue weighted by Crippen LogP contribution is 2.19. The summed E-state index contributed by atoms with van der Waals surface area (Å²) in [6.45, 7) is 10.4. The van der Waals surface area contributed by atoms with E-state index in [1.165, 1.54) is 15.3 Å². The highest BCUT2D eigenvalue weighted by molar-refractivity contribution is 7.89. The molecular weight excluding hydrogens is 354 g/mol. The van der Waals surface area contributed by atoms with Crippen LogP contribution in [0.3, 0.4) is 0 Å². The SMILES string of the molecule is CCN(CC)S(=O)(=O)c1cccc(NC(=O)C[NH+]2C[C@@H](C)O[C@@H](C)C2)c1. The van der Waals surface area contributed by atoms with Crippen molar-refractivity contribution in [2.45, 2.75) is 44.8 Å². The van der Waals surface area contributed by atoms with E-state index < -0.39 is 10.0 Å². The highest BCUT2D eigenvalue weighted by Gasteiger charge is 2.27.